The summed E-state index contributed by atoms with van der Waals surface area (Å²) in [6.07, 6.45) is 0. The van der Waals surface area contributed by atoms with Gasteiger partial charge in [0.2, 0.25) is 0 Å². The summed E-state index contributed by atoms with van der Waals surface area (Å²) in [5.74, 6) is 0. The molecule has 0 heterocycles. The van der Waals surface area contributed by atoms with Crippen LogP contribution in [0.15, 0.2) is 23.1 Å². The quantitative estimate of drug-likeness (QED) is 0.623. The molecule has 0 unspecified atom stereocenters. The van der Waals surface area contributed by atoms with Crippen molar-refractivity contribution in [3.8, 4) is 0 Å². The SMILES string of the molecule is O=S(=O)(O)c1ccc(Cl)cc1Cl.[GaH3]. The summed E-state index contributed by atoms with van der Waals surface area (Å²) >= 11 is 11.0. The summed E-state index contributed by atoms with van der Waals surface area (Å²) in [7, 11) is -4.24. The molecule has 7 heteroatoms. The van der Waals surface area contributed by atoms with Crippen molar-refractivity contribution in [2.75, 3.05) is 0 Å². The molecule has 0 aromatic heterocycles. The van der Waals surface area contributed by atoms with E-state index >= 15 is 0 Å². The molecule has 13 heavy (non-hydrogen) atoms. The van der Waals surface area contributed by atoms with Gasteiger partial charge in [-0.15, -0.1) is 0 Å². The average Bonchev–Trinajstić information content (AvgIpc) is 1.83. The molecule has 0 fully saturated rings. The van der Waals surface area contributed by atoms with Gasteiger partial charge in [-0.1, -0.05) is 23.2 Å². The summed E-state index contributed by atoms with van der Waals surface area (Å²) in [6, 6.07) is 3.71. The Hall–Kier alpha value is 0.346. The molecule has 0 amide bonds. The van der Waals surface area contributed by atoms with E-state index in [9.17, 15) is 8.42 Å². The third kappa shape index (κ3) is 3.53. The van der Waals surface area contributed by atoms with Crippen molar-refractivity contribution >= 4 is 53.1 Å². The first kappa shape index (κ1) is 13.3. The van der Waals surface area contributed by atoms with E-state index in [0.29, 0.717) is 5.02 Å². The summed E-state index contributed by atoms with van der Waals surface area (Å²) in [5.41, 5.74) is 0. The Morgan fingerprint density at radius 3 is 2.15 bits per heavy atom. The zero-order valence-electron chi connectivity index (χ0n) is 5.66. The molecule has 0 radical (unpaired) electrons. The number of hydrogen-bond donors (Lipinski definition) is 1. The minimum absolute atomic E-state index is 0. The van der Waals surface area contributed by atoms with E-state index in [1.54, 1.807) is 0 Å². The van der Waals surface area contributed by atoms with Gasteiger partial charge in [-0.05, 0) is 18.2 Å². The van der Waals surface area contributed by atoms with Crippen LogP contribution in [0.1, 0.15) is 0 Å². The Balaban J connectivity index is 0.00000144. The van der Waals surface area contributed by atoms with E-state index in [1.807, 2.05) is 0 Å². The Bertz CT molecular complexity index is 404. The average molecular weight is 300 g/mol. The molecule has 1 rings (SSSR count). The summed E-state index contributed by atoms with van der Waals surface area (Å²) in [4.78, 5) is -0.339. The van der Waals surface area contributed by atoms with E-state index in [1.165, 1.54) is 12.1 Å². The predicted octanol–water partition coefficient (Wildman–Crippen LogP) is 1.06. The fourth-order valence-electron chi connectivity index (χ4n) is 0.684. The third-order valence-corrected chi connectivity index (χ3v) is 2.74. The summed E-state index contributed by atoms with van der Waals surface area (Å²) in [6.45, 7) is 0. The van der Waals surface area contributed by atoms with Gasteiger partial charge in [-0.3, -0.25) is 4.55 Å². The summed E-state index contributed by atoms with van der Waals surface area (Å²) in [5, 5.41) is 0.220. The minimum atomic E-state index is -4.24. The molecule has 0 atom stereocenters. The van der Waals surface area contributed by atoms with Crippen LogP contribution in [0.4, 0.5) is 0 Å². The van der Waals surface area contributed by atoms with Gasteiger partial charge in [0, 0.05) is 5.02 Å². The van der Waals surface area contributed by atoms with Crippen molar-refractivity contribution in [1.82, 2.24) is 0 Å². The van der Waals surface area contributed by atoms with Crippen LogP contribution in [0.25, 0.3) is 0 Å². The van der Waals surface area contributed by atoms with Crippen LogP contribution < -0.4 is 0 Å². The number of rotatable bonds is 1. The monoisotopic (exact) mass is 298 g/mol. The Morgan fingerprint density at radius 2 is 1.77 bits per heavy atom. The fraction of sp³-hybridized carbons (Fsp3) is 0. The fourth-order valence-corrected chi connectivity index (χ4v) is 1.93. The van der Waals surface area contributed by atoms with Crippen molar-refractivity contribution in [3.63, 3.8) is 0 Å². The van der Waals surface area contributed by atoms with Crippen LogP contribution in [-0.2, 0) is 10.1 Å². The van der Waals surface area contributed by atoms with E-state index < -0.39 is 10.1 Å². The van der Waals surface area contributed by atoms with Crippen molar-refractivity contribution in [2.45, 2.75) is 4.90 Å². The van der Waals surface area contributed by atoms with Gasteiger partial charge >= 0.3 is 19.8 Å². The van der Waals surface area contributed by atoms with Gasteiger partial charge in [-0.2, -0.15) is 8.42 Å². The van der Waals surface area contributed by atoms with Crippen LogP contribution in [0.5, 0.6) is 0 Å². The van der Waals surface area contributed by atoms with Crippen molar-refractivity contribution in [3.05, 3.63) is 28.2 Å². The second-order valence-corrected chi connectivity index (χ2v) is 4.28. The van der Waals surface area contributed by atoms with Gasteiger partial charge in [0.25, 0.3) is 10.1 Å². The predicted molar refractivity (Wildman–Crippen MR) is 56.2 cm³/mol. The molecule has 0 aliphatic heterocycles. The van der Waals surface area contributed by atoms with Gasteiger partial charge in [-0.25, -0.2) is 0 Å². The maximum atomic E-state index is 10.6. The third-order valence-electron chi connectivity index (χ3n) is 1.17. The molecule has 3 nitrogen and oxygen atoms in total. The standard InChI is InChI=1S/C6H4Cl2O3S.Ga.3H/c7-4-1-2-6(5(8)3-4)12(9,10)11;;;;/h1-3H,(H,9,10,11);;;;. The van der Waals surface area contributed by atoms with Crippen LogP contribution in [0, 0.1) is 0 Å². The second kappa shape index (κ2) is 4.72. The molecule has 1 aromatic carbocycles. The first-order chi connectivity index (χ1) is 5.41. The second-order valence-electron chi connectivity index (χ2n) is 2.05. The molecule has 0 aliphatic rings. The molecule has 72 valence electrons. The molecule has 0 bridgehead atoms. The molecule has 0 saturated heterocycles. The van der Waals surface area contributed by atoms with Crippen molar-refractivity contribution < 1.29 is 13.0 Å². The molecule has 1 aromatic rings. The maximum absolute atomic E-state index is 10.6. The number of hydrogen-bond acceptors (Lipinski definition) is 2. The molecule has 0 aliphatic carbocycles. The van der Waals surface area contributed by atoms with Crippen molar-refractivity contribution in [2.24, 2.45) is 0 Å². The Labute approximate surface area is 98.8 Å². The van der Waals surface area contributed by atoms with Crippen LogP contribution in [0.2, 0.25) is 10.0 Å². The molecule has 1 N–H and O–H groups in total. The normalized spacial score (nSPS) is 10.7. The molecular formula is C6H7Cl2GaO3S. The van der Waals surface area contributed by atoms with E-state index in [-0.39, 0.29) is 29.7 Å². The van der Waals surface area contributed by atoms with E-state index in [2.05, 4.69) is 0 Å². The molecule has 0 saturated carbocycles. The van der Waals surface area contributed by atoms with Crippen LogP contribution in [-0.4, -0.2) is 32.8 Å². The van der Waals surface area contributed by atoms with Gasteiger partial charge in [0.15, 0.2) is 0 Å². The van der Waals surface area contributed by atoms with Gasteiger partial charge < -0.3 is 0 Å². The number of halogens is 2. The number of benzene rings is 1. The topological polar surface area (TPSA) is 54.4 Å². The first-order valence-corrected chi connectivity index (χ1v) is 5.03. The Morgan fingerprint density at radius 1 is 1.23 bits per heavy atom. The van der Waals surface area contributed by atoms with Crippen LogP contribution >= 0.6 is 23.2 Å². The Kier molecular flexibility index (Phi) is 4.85. The van der Waals surface area contributed by atoms with Gasteiger partial charge in [0.05, 0.1) is 5.02 Å². The molecule has 0 spiro atoms. The first-order valence-electron chi connectivity index (χ1n) is 2.84. The molecular weight excluding hydrogens is 293 g/mol. The van der Waals surface area contributed by atoms with Crippen molar-refractivity contribution in [1.29, 1.82) is 0 Å². The zero-order chi connectivity index (χ0) is 9.35. The summed E-state index contributed by atoms with van der Waals surface area (Å²) < 4.78 is 29.8. The van der Waals surface area contributed by atoms with Gasteiger partial charge in [0.1, 0.15) is 4.90 Å². The van der Waals surface area contributed by atoms with E-state index in [4.69, 9.17) is 27.8 Å². The van der Waals surface area contributed by atoms with E-state index in [0.717, 1.165) is 6.07 Å². The van der Waals surface area contributed by atoms with Crippen LogP contribution in [0.3, 0.4) is 0 Å². The zero-order valence-corrected chi connectivity index (χ0v) is 7.99.